The molecule has 0 aliphatic carbocycles. The highest BCUT2D eigenvalue weighted by atomic mass is 16.6. The Morgan fingerprint density at radius 3 is 2.28 bits per heavy atom. The van der Waals surface area contributed by atoms with Crippen LogP contribution in [0.1, 0.15) is 72.6 Å². The fourth-order valence-corrected chi connectivity index (χ4v) is 3.95. The van der Waals surface area contributed by atoms with Crippen LogP contribution in [0.25, 0.3) is 11.0 Å². The molecule has 0 aliphatic heterocycles. The van der Waals surface area contributed by atoms with Crippen LogP contribution in [0.15, 0.2) is 39.5 Å². The van der Waals surface area contributed by atoms with Gasteiger partial charge in [-0.25, -0.2) is 4.79 Å². The van der Waals surface area contributed by atoms with Gasteiger partial charge in [0.1, 0.15) is 22.8 Å². The van der Waals surface area contributed by atoms with E-state index < -0.39 is 22.9 Å². The maximum atomic E-state index is 12.4. The topological polar surface area (TPSA) is 144 Å². The maximum absolute atomic E-state index is 12.4. The minimum absolute atomic E-state index is 0.120. The van der Waals surface area contributed by atoms with E-state index >= 15 is 0 Å². The molecule has 0 aliphatic rings. The van der Waals surface area contributed by atoms with Gasteiger partial charge >= 0.3 is 5.97 Å². The van der Waals surface area contributed by atoms with E-state index in [0.29, 0.717) is 42.6 Å². The Balaban J connectivity index is 1.93. The summed E-state index contributed by atoms with van der Waals surface area (Å²) in [6.45, 7) is 6.23. The second-order valence-corrected chi connectivity index (χ2v) is 8.76. The van der Waals surface area contributed by atoms with Crippen LogP contribution < -0.4 is 14.9 Å². The van der Waals surface area contributed by atoms with E-state index in [0.717, 1.165) is 6.07 Å². The highest BCUT2D eigenvalue weighted by molar-refractivity contribution is 5.97. The summed E-state index contributed by atoms with van der Waals surface area (Å²) in [6, 6.07) is 6.94. The second kappa shape index (κ2) is 10.8. The van der Waals surface area contributed by atoms with Gasteiger partial charge in [0.15, 0.2) is 17.8 Å². The van der Waals surface area contributed by atoms with Crippen molar-refractivity contribution in [3.05, 3.63) is 63.0 Å². The van der Waals surface area contributed by atoms with Crippen LogP contribution in [0.5, 0.6) is 17.2 Å². The van der Waals surface area contributed by atoms with Crippen LogP contribution in [0.2, 0.25) is 0 Å². The van der Waals surface area contributed by atoms with E-state index in [-0.39, 0.29) is 40.4 Å². The number of phenols is 1. The number of aryl methyl sites for hydroxylation is 1. The first kappa shape index (κ1) is 26.7. The van der Waals surface area contributed by atoms with Crippen LogP contribution >= 0.6 is 0 Å². The summed E-state index contributed by atoms with van der Waals surface area (Å²) in [5, 5.41) is 31.0. The molecular weight excluding hydrogens is 468 g/mol. The van der Waals surface area contributed by atoms with Crippen LogP contribution in [0, 0.1) is 0 Å². The zero-order chi connectivity index (χ0) is 26.6. The lowest BCUT2D eigenvalue weighted by atomic mass is 10.0. The predicted octanol–water partition coefficient (Wildman–Crippen LogP) is 4.47. The number of ketones is 1. The highest BCUT2D eigenvalue weighted by Gasteiger charge is 2.28. The minimum Gasteiger partial charge on any atom is -0.507 e. The number of aromatic carboxylic acids is 1. The number of carboxylic acid groups (broad SMARTS) is 1. The molecule has 0 saturated carbocycles. The molecule has 9 nitrogen and oxygen atoms in total. The molecule has 3 rings (SSSR count). The van der Waals surface area contributed by atoms with Gasteiger partial charge in [-0.15, -0.1) is 0 Å². The summed E-state index contributed by atoms with van der Waals surface area (Å²) >= 11 is 0. The number of benzene rings is 2. The third-order valence-electron chi connectivity index (χ3n) is 5.61. The van der Waals surface area contributed by atoms with Crippen molar-refractivity contribution in [3.8, 4) is 17.2 Å². The van der Waals surface area contributed by atoms with E-state index in [9.17, 15) is 29.7 Å². The van der Waals surface area contributed by atoms with E-state index in [1.54, 1.807) is 6.07 Å². The fraction of sp³-hybridized carbons (Fsp3) is 0.370. The average molecular weight is 499 g/mol. The first-order chi connectivity index (χ1) is 17.0. The monoisotopic (exact) mass is 498 g/mol. The number of fused-ring (bicyclic) bond motifs is 1. The quantitative estimate of drug-likeness (QED) is 0.258. The van der Waals surface area contributed by atoms with Crippen molar-refractivity contribution in [2.45, 2.75) is 59.2 Å². The molecule has 1 aromatic heterocycles. The number of rotatable bonds is 11. The zero-order valence-corrected chi connectivity index (χ0v) is 20.7. The molecule has 0 amide bonds. The molecule has 3 N–H and O–H groups in total. The predicted molar refractivity (Wildman–Crippen MR) is 132 cm³/mol. The molecule has 0 bridgehead atoms. The number of aliphatic hydroxyl groups is 1. The van der Waals surface area contributed by atoms with Crippen molar-refractivity contribution in [2.75, 3.05) is 6.61 Å². The van der Waals surface area contributed by atoms with Gasteiger partial charge in [0.25, 0.3) is 0 Å². The summed E-state index contributed by atoms with van der Waals surface area (Å²) in [7, 11) is 0. The Kier molecular flexibility index (Phi) is 8.04. The smallest absolute Gasteiger partial charge is 0.371 e. The molecule has 0 fully saturated rings. The molecule has 0 spiro atoms. The Hall–Kier alpha value is -3.85. The number of carbonyl (C=O) groups excluding carboxylic acids is 1. The molecular formula is C27H30O9. The van der Waals surface area contributed by atoms with Crippen molar-refractivity contribution >= 4 is 22.7 Å². The lowest BCUT2D eigenvalue weighted by Crippen LogP contribution is -2.39. The first-order valence-corrected chi connectivity index (χ1v) is 11.7. The van der Waals surface area contributed by atoms with Crippen molar-refractivity contribution in [1.29, 1.82) is 0 Å². The molecule has 0 saturated heterocycles. The lowest BCUT2D eigenvalue weighted by molar-refractivity contribution is -0.145. The SMILES string of the molecule is CCCc1c(OC(C)(O)COc2ccc3c(=O)cc(C(=O)O)oc3c2CCC)ccc(C(C)=O)c1O. The number of aromatic hydroxyl groups is 1. The zero-order valence-electron chi connectivity index (χ0n) is 20.7. The number of carboxylic acids is 1. The summed E-state index contributed by atoms with van der Waals surface area (Å²) in [6.07, 6.45) is 2.19. The van der Waals surface area contributed by atoms with E-state index in [1.165, 1.54) is 32.0 Å². The summed E-state index contributed by atoms with van der Waals surface area (Å²) in [4.78, 5) is 35.6. The van der Waals surface area contributed by atoms with Gasteiger partial charge in [0.2, 0.25) is 11.5 Å². The second-order valence-electron chi connectivity index (χ2n) is 8.76. The maximum Gasteiger partial charge on any atom is 0.371 e. The van der Waals surface area contributed by atoms with Crippen LogP contribution in [-0.4, -0.2) is 39.5 Å². The molecule has 9 heteroatoms. The third-order valence-corrected chi connectivity index (χ3v) is 5.61. The van der Waals surface area contributed by atoms with Crippen molar-refractivity contribution in [1.82, 2.24) is 0 Å². The number of phenolic OH excluding ortho intramolecular Hbond substituents is 1. The molecule has 3 aromatic rings. The van der Waals surface area contributed by atoms with Crippen molar-refractivity contribution in [2.24, 2.45) is 0 Å². The van der Waals surface area contributed by atoms with Gasteiger partial charge in [-0.1, -0.05) is 26.7 Å². The number of ether oxygens (including phenoxy) is 2. The molecule has 0 radical (unpaired) electrons. The molecule has 1 heterocycles. The van der Waals surface area contributed by atoms with E-state index in [2.05, 4.69) is 0 Å². The Bertz CT molecular complexity index is 1350. The summed E-state index contributed by atoms with van der Waals surface area (Å²) < 4.78 is 17.2. The van der Waals surface area contributed by atoms with Gasteiger partial charge in [-0.3, -0.25) is 9.59 Å². The molecule has 36 heavy (non-hydrogen) atoms. The number of carbonyl (C=O) groups is 2. The first-order valence-electron chi connectivity index (χ1n) is 11.7. The van der Waals surface area contributed by atoms with E-state index in [1.807, 2.05) is 13.8 Å². The Morgan fingerprint density at radius 1 is 1.03 bits per heavy atom. The van der Waals surface area contributed by atoms with Crippen molar-refractivity contribution < 1.29 is 38.8 Å². The van der Waals surface area contributed by atoms with Gasteiger partial charge in [0, 0.05) is 24.1 Å². The minimum atomic E-state index is -1.84. The van der Waals surface area contributed by atoms with Gasteiger partial charge in [-0.2, -0.15) is 0 Å². The largest absolute Gasteiger partial charge is 0.507 e. The van der Waals surface area contributed by atoms with Crippen LogP contribution in [0.3, 0.4) is 0 Å². The van der Waals surface area contributed by atoms with Gasteiger partial charge in [-0.05, 0) is 44.0 Å². The third kappa shape index (κ3) is 5.68. The number of hydrogen-bond acceptors (Lipinski definition) is 8. The number of Topliss-reactive ketones (excluding diaryl/α,β-unsaturated/α-hetero) is 1. The molecule has 1 atom stereocenters. The molecule has 192 valence electrons. The van der Waals surface area contributed by atoms with Crippen LogP contribution in [0.4, 0.5) is 0 Å². The molecule has 2 aromatic carbocycles. The Morgan fingerprint density at radius 2 is 1.67 bits per heavy atom. The standard InChI is InChI=1S/C27H30O9/c1-5-7-18-22(12-9-16(15(3)28)24(18)30)36-27(4,33)14-34-21-11-10-17-20(29)13-23(26(31)32)35-25(17)19(21)8-6-2/h9-13,30,33H,5-8,14H2,1-4H3,(H,31,32). The van der Waals surface area contributed by atoms with Gasteiger partial charge < -0.3 is 29.2 Å². The van der Waals surface area contributed by atoms with E-state index in [4.69, 9.17) is 13.9 Å². The average Bonchev–Trinajstić information content (AvgIpc) is 2.80. The Labute approximate surface area is 207 Å². The number of hydrogen-bond donors (Lipinski definition) is 3. The molecule has 1 unspecified atom stereocenters. The fourth-order valence-electron chi connectivity index (χ4n) is 3.95. The van der Waals surface area contributed by atoms with Gasteiger partial charge in [0.05, 0.1) is 10.9 Å². The van der Waals surface area contributed by atoms with Crippen molar-refractivity contribution in [3.63, 3.8) is 0 Å². The lowest BCUT2D eigenvalue weighted by Gasteiger charge is -2.27. The van der Waals surface area contributed by atoms with Crippen LogP contribution in [-0.2, 0) is 12.8 Å². The summed E-state index contributed by atoms with van der Waals surface area (Å²) in [5.41, 5.74) is 0.719. The summed E-state index contributed by atoms with van der Waals surface area (Å²) in [5.74, 6) is -3.61. The normalized spacial score (nSPS) is 12.8. The highest BCUT2D eigenvalue weighted by Crippen LogP contribution is 2.35.